The van der Waals surface area contributed by atoms with E-state index in [2.05, 4.69) is 34.0 Å². The molecule has 1 saturated heterocycles. The Bertz CT molecular complexity index is 1120. The molecular weight excluding hydrogens is 408 g/mol. The highest BCUT2D eigenvalue weighted by Gasteiger charge is 2.25. The zero-order chi connectivity index (χ0) is 22.7. The number of carbonyl (C=O) groups excluding carboxylic acids is 1. The third-order valence-electron chi connectivity index (χ3n) is 5.40. The Hall–Kier alpha value is -3.88. The van der Waals surface area contributed by atoms with E-state index < -0.39 is 4.92 Å². The summed E-state index contributed by atoms with van der Waals surface area (Å²) in [5, 5.41) is 14.7. The van der Waals surface area contributed by atoms with Crippen LogP contribution in [0.15, 0.2) is 54.7 Å². The molecule has 9 heteroatoms. The second kappa shape index (κ2) is 9.09. The van der Waals surface area contributed by atoms with Crippen LogP contribution in [0.5, 0.6) is 0 Å². The number of aromatic amines is 1. The first-order valence-electron chi connectivity index (χ1n) is 10.6. The molecule has 1 aliphatic heterocycles. The SMILES string of the molecule is CC(C)Nc1cccnc1N1CCN(C(=O)c2ccc(-c3ccccc3[N+](=O)[O-])[nH]2)CC1. The maximum atomic E-state index is 13.0. The molecule has 0 unspecified atom stereocenters. The number of nitrogens with zero attached hydrogens (tertiary/aromatic N) is 4. The average molecular weight is 435 g/mol. The number of anilines is 2. The smallest absolute Gasteiger partial charge is 0.278 e. The quantitative estimate of drug-likeness (QED) is 0.452. The number of amides is 1. The molecule has 0 radical (unpaired) electrons. The van der Waals surface area contributed by atoms with E-state index in [0.717, 1.165) is 11.5 Å². The van der Waals surface area contributed by atoms with Gasteiger partial charge in [-0.05, 0) is 44.2 Å². The molecule has 2 aromatic heterocycles. The standard InChI is InChI=1S/C23H26N6O3/c1-16(2)25-19-7-5-11-24-22(19)27-12-14-28(15-13-27)23(30)20-10-9-18(26-20)17-6-3-4-8-21(17)29(31)32/h3-11,16,25-26H,12-15H2,1-2H3. The van der Waals surface area contributed by atoms with Gasteiger partial charge in [-0.2, -0.15) is 0 Å². The van der Waals surface area contributed by atoms with Crippen molar-refractivity contribution in [3.63, 3.8) is 0 Å². The predicted octanol–water partition coefficient (Wildman–Crippen LogP) is 3.77. The fraction of sp³-hybridized carbons (Fsp3) is 0.304. The van der Waals surface area contributed by atoms with Gasteiger partial charge in [0, 0.05) is 44.5 Å². The Labute approximate surface area is 186 Å². The number of piperazine rings is 1. The summed E-state index contributed by atoms with van der Waals surface area (Å²) in [6.45, 7) is 6.65. The number of pyridine rings is 1. The van der Waals surface area contributed by atoms with Gasteiger partial charge in [0.05, 0.1) is 21.9 Å². The lowest BCUT2D eigenvalue weighted by Gasteiger charge is -2.36. The van der Waals surface area contributed by atoms with Gasteiger partial charge >= 0.3 is 0 Å². The van der Waals surface area contributed by atoms with Crippen LogP contribution in [0.1, 0.15) is 24.3 Å². The lowest BCUT2D eigenvalue weighted by Crippen LogP contribution is -2.49. The molecule has 1 amide bonds. The first-order valence-corrected chi connectivity index (χ1v) is 10.6. The summed E-state index contributed by atoms with van der Waals surface area (Å²) in [5.41, 5.74) is 2.43. The maximum absolute atomic E-state index is 13.0. The van der Waals surface area contributed by atoms with Crippen molar-refractivity contribution in [2.75, 3.05) is 36.4 Å². The zero-order valence-electron chi connectivity index (χ0n) is 18.1. The van der Waals surface area contributed by atoms with Gasteiger partial charge < -0.3 is 20.1 Å². The second-order valence-electron chi connectivity index (χ2n) is 8.01. The topological polar surface area (TPSA) is 107 Å². The van der Waals surface area contributed by atoms with E-state index in [1.807, 2.05) is 12.1 Å². The molecule has 3 heterocycles. The highest BCUT2D eigenvalue weighted by molar-refractivity contribution is 5.94. The summed E-state index contributed by atoms with van der Waals surface area (Å²) in [7, 11) is 0. The lowest BCUT2D eigenvalue weighted by atomic mass is 10.1. The van der Waals surface area contributed by atoms with Gasteiger partial charge in [-0.15, -0.1) is 0 Å². The maximum Gasteiger partial charge on any atom is 0.278 e. The Morgan fingerprint density at radius 3 is 2.56 bits per heavy atom. The van der Waals surface area contributed by atoms with Crippen molar-refractivity contribution in [3.8, 4) is 11.3 Å². The molecule has 0 aliphatic carbocycles. The van der Waals surface area contributed by atoms with E-state index in [1.54, 1.807) is 41.4 Å². The number of nitrogens with one attached hydrogen (secondary N) is 2. The van der Waals surface area contributed by atoms with Crippen LogP contribution in [0.3, 0.4) is 0 Å². The van der Waals surface area contributed by atoms with Crippen molar-refractivity contribution in [1.82, 2.24) is 14.9 Å². The minimum absolute atomic E-state index is 0.00290. The third-order valence-corrected chi connectivity index (χ3v) is 5.40. The minimum Gasteiger partial charge on any atom is -0.380 e. The van der Waals surface area contributed by atoms with Gasteiger partial charge in [0.25, 0.3) is 11.6 Å². The van der Waals surface area contributed by atoms with E-state index in [-0.39, 0.29) is 11.6 Å². The van der Waals surface area contributed by atoms with Crippen molar-refractivity contribution >= 4 is 23.1 Å². The summed E-state index contributed by atoms with van der Waals surface area (Å²) >= 11 is 0. The van der Waals surface area contributed by atoms with Gasteiger partial charge in [-0.3, -0.25) is 14.9 Å². The summed E-state index contributed by atoms with van der Waals surface area (Å²) in [4.78, 5) is 35.5. The predicted molar refractivity (Wildman–Crippen MR) is 124 cm³/mol. The molecule has 3 aromatic rings. The van der Waals surface area contributed by atoms with E-state index in [0.29, 0.717) is 49.2 Å². The van der Waals surface area contributed by atoms with Crippen LogP contribution in [0.4, 0.5) is 17.2 Å². The summed E-state index contributed by atoms with van der Waals surface area (Å²) in [5.74, 6) is 0.780. The van der Waals surface area contributed by atoms with Crippen LogP contribution in [0.25, 0.3) is 11.3 Å². The van der Waals surface area contributed by atoms with Crippen LogP contribution in [0.2, 0.25) is 0 Å². The number of hydrogen-bond donors (Lipinski definition) is 2. The van der Waals surface area contributed by atoms with Crippen molar-refractivity contribution in [1.29, 1.82) is 0 Å². The fourth-order valence-corrected chi connectivity index (χ4v) is 3.90. The van der Waals surface area contributed by atoms with E-state index in [1.165, 1.54) is 6.07 Å². The number of carbonyl (C=O) groups is 1. The van der Waals surface area contributed by atoms with E-state index >= 15 is 0 Å². The molecule has 32 heavy (non-hydrogen) atoms. The molecule has 0 saturated carbocycles. The Balaban J connectivity index is 1.45. The molecule has 0 atom stereocenters. The Morgan fingerprint density at radius 1 is 1.09 bits per heavy atom. The highest BCUT2D eigenvalue weighted by atomic mass is 16.6. The van der Waals surface area contributed by atoms with Crippen LogP contribution in [0, 0.1) is 10.1 Å². The van der Waals surface area contributed by atoms with Crippen molar-refractivity contribution in [3.05, 3.63) is 70.5 Å². The minimum atomic E-state index is -0.420. The normalized spacial score (nSPS) is 14.0. The second-order valence-corrected chi connectivity index (χ2v) is 8.01. The van der Waals surface area contributed by atoms with Crippen molar-refractivity contribution in [2.24, 2.45) is 0 Å². The first kappa shape index (κ1) is 21.4. The molecule has 0 spiro atoms. The molecule has 9 nitrogen and oxygen atoms in total. The van der Waals surface area contributed by atoms with E-state index in [9.17, 15) is 14.9 Å². The summed E-state index contributed by atoms with van der Waals surface area (Å²) in [6, 6.07) is 14.1. The third kappa shape index (κ3) is 4.41. The molecule has 1 aliphatic rings. The number of rotatable bonds is 6. The van der Waals surface area contributed by atoms with Crippen molar-refractivity contribution in [2.45, 2.75) is 19.9 Å². The molecule has 1 fully saturated rings. The number of H-pyrrole nitrogens is 1. The molecule has 166 valence electrons. The highest BCUT2D eigenvalue weighted by Crippen LogP contribution is 2.29. The number of hydrogen-bond acceptors (Lipinski definition) is 6. The Morgan fingerprint density at radius 2 is 1.84 bits per heavy atom. The van der Waals surface area contributed by atoms with Gasteiger partial charge in [0.2, 0.25) is 0 Å². The first-order chi connectivity index (χ1) is 15.4. The average Bonchev–Trinajstić information content (AvgIpc) is 3.29. The number of benzene rings is 1. The van der Waals surface area contributed by atoms with Crippen LogP contribution in [-0.4, -0.2) is 57.9 Å². The Kier molecular flexibility index (Phi) is 6.07. The lowest BCUT2D eigenvalue weighted by molar-refractivity contribution is -0.384. The van der Waals surface area contributed by atoms with Crippen molar-refractivity contribution < 1.29 is 9.72 Å². The number of para-hydroxylation sites is 1. The monoisotopic (exact) mass is 434 g/mol. The van der Waals surface area contributed by atoms with Crippen LogP contribution in [-0.2, 0) is 0 Å². The largest absolute Gasteiger partial charge is 0.380 e. The summed E-state index contributed by atoms with van der Waals surface area (Å²) in [6.07, 6.45) is 1.78. The summed E-state index contributed by atoms with van der Waals surface area (Å²) < 4.78 is 0. The molecule has 4 rings (SSSR count). The number of nitro benzene ring substituents is 1. The molecular formula is C23H26N6O3. The molecule has 1 aromatic carbocycles. The van der Waals surface area contributed by atoms with Crippen LogP contribution < -0.4 is 10.2 Å². The zero-order valence-corrected chi connectivity index (χ0v) is 18.1. The molecule has 0 bridgehead atoms. The number of nitro groups is 1. The van der Waals surface area contributed by atoms with Gasteiger partial charge in [0.1, 0.15) is 5.69 Å². The van der Waals surface area contributed by atoms with Gasteiger partial charge in [-0.1, -0.05) is 12.1 Å². The number of aromatic nitrogens is 2. The van der Waals surface area contributed by atoms with Gasteiger partial charge in [-0.25, -0.2) is 4.98 Å². The fourth-order valence-electron chi connectivity index (χ4n) is 3.90. The van der Waals surface area contributed by atoms with E-state index in [4.69, 9.17) is 0 Å². The molecule has 2 N–H and O–H groups in total. The van der Waals surface area contributed by atoms with Gasteiger partial charge in [0.15, 0.2) is 5.82 Å². The van der Waals surface area contributed by atoms with Crippen LogP contribution >= 0.6 is 0 Å².